The van der Waals surface area contributed by atoms with Crippen LogP contribution in [0.5, 0.6) is 0 Å². The van der Waals surface area contributed by atoms with Crippen LogP contribution >= 0.6 is 0 Å². The van der Waals surface area contributed by atoms with Gasteiger partial charge in [0.25, 0.3) is 0 Å². The maximum Gasteiger partial charge on any atom is 0.244 e. The largest absolute Gasteiger partial charge is 0.339 e. The quantitative estimate of drug-likeness (QED) is 0.855. The average Bonchev–Trinajstić information content (AvgIpc) is 2.87. The second-order valence-electron chi connectivity index (χ2n) is 5.74. The lowest BCUT2D eigenvalue weighted by Gasteiger charge is -2.31. The summed E-state index contributed by atoms with van der Waals surface area (Å²) < 4.78 is 0. The SMILES string of the molecule is CC(C)C(C)c1nc(N2CCCC(CN)C2)n[nH]1. The molecular formula is C13H25N5. The third kappa shape index (κ3) is 2.83. The molecule has 18 heavy (non-hydrogen) atoms. The van der Waals surface area contributed by atoms with Crippen LogP contribution in [0.15, 0.2) is 0 Å². The van der Waals surface area contributed by atoms with Crippen molar-refractivity contribution in [2.45, 2.75) is 39.5 Å². The topological polar surface area (TPSA) is 70.8 Å². The molecule has 3 N–H and O–H groups in total. The molecule has 0 bridgehead atoms. The summed E-state index contributed by atoms with van der Waals surface area (Å²) in [5.74, 6) is 3.42. The monoisotopic (exact) mass is 251 g/mol. The van der Waals surface area contributed by atoms with Gasteiger partial charge in [0.15, 0.2) is 0 Å². The van der Waals surface area contributed by atoms with E-state index in [1.807, 2.05) is 0 Å². The Bertz CT molecular complexity index is 373. The summed E-state index contributed by atoms with van der Waals surface area (Å²) in [6, 6.07) is 0. The Balaban J connectivity index is 2.05. The Kier molecular flexibility index (Phi) is 4.22. The average molecular weight is 251 g/mol. The molecule has 1 saturated heterocycles. The third-order valence-electron chi connectivity index (χ3n) is 4.06. The zero-order valence-electron chi connectivity index (χ0n) is 11.7. The van der Waals surface area contributed by atoms with Crippen molar-refractivity contribution in [1.29, 1.82) is 0 Å². The van der Waals surface area contributed by atoms with Crippen molar-refractivity contribution in [3.8, 4) is 0 Å². The fourth-order valence-electron chi connectivity index (χ4n) is 2.36. The highest BCUT2D eigenvalue weighted by Crippen LogP contribution is 2.24. The molecule has 102 valence electrons. The van der Waals surface area contributed by atoms with E-state index in [0.717, 1.165) is 31.4 Å². The van der Waals surface area contributed by atoms with E-state index in [0.29, 0.717) is 17.8 Å². The first kappa shape index (κ1) is 13.3. The van der Waals surface area contributed by atoms with Crippen molar-refractivity contribution in [2.75, 3.05) is 24.5 Å². The summed E-state index contributed by atoms with van der Waals surface area (Å²) in [7, 11) is 0. The molecule has 2 heterocycles. The highest BCUT2D eigenvalue weighted by Gasteiger charge is 2.23. The van der Waals surface area contributed by atoms with Crippen molar-refractivity contribution >= 4 is 5.95 Å². The van der Waals surface area contributed by atoms with Gasteiger partial charge in [-0.2, -0.15) is 4.98 Å². The van der Waals surface area contributed by atoms with E-state index >= 15 is 0 Å². The summed E-state index contributed by atoms with van der Waals surface area (Å²) in [6.07, 6.45) is 2.41. The van der Waals surface area contributed by atoms with Crippen molar-refractivity contribution < 1.29 is 0 Å². The number of anilines is 1. The molecule has 2 rings (SSSR count). The van der Waals surface area contributed by atoms with Gasteiger partial charge in [-0.1, -0.05) is 20.8 Å². The summed E-state index contributed by atoms with van der Waals surface area (Å²) in [5.41, 5.74) is 5.76. The molecule has 0 aliphatic carbocycles. The summed E-state index contributed by atoms with van der Waals surface area (Å²) >= 11 is 0. The van der Waals surface area contributed by atoms with Gasteiger partial charge in [0.2, 0.25) is 5.95 Å². The molecule has 1 aromatic heterocycles. The number of rotatable bonds is 4. The van der Waals surface area contributed by atoms with Gasteiger partial charge >= 0.3 is 0 Å². The van der Waals surface area contributed by atoms with E-state index in [9.17, 15) is 0 Å². The van der Waals surface area contributed by atoms with Gasteiger partial charge in [-0.15, -0.1) is 5.10 Å². The molecule has 2 unspecified atom stereocenters. The molecule has 2 atom stereocenters. The minimum atomic E-state index is 0.418. The lowest BCUT2D eigenvalue weighted by Crippen LogP contribution is -2.39. The maximum atomic E-state index is 5.76. The summed E-state index contributed by atoms with van der Waals surface area (Å²) in [4.78, 5) is 6.90. The minimum Gasteiger partial charge on any atom is -0.339 e. The number of nitrogens with one attached hydrogen (secondary N) is 1. The summed E-state index contributed by atoms with van der Waals surface area (Å²) in [5, 5.41) is 7.44. The van der Waals surface area contributed by atoms with Crippen LogP contribution < -0.4 is 10.6 Å². The molecule has 0 radical (unpaired) electrons. The number of H-pyrrole nitrogens is 1. The van der Waals surface area contributed by atoms with Crippen LogP contribution in [-0.2, 0) is 0 Å². The van der Waals surface area contributed by atoms with Gasteiger partial charge < -0.3 is 10.6 Å². The van der Waals surface area contributed by atoms with E-state index in [1.54, 1.807) is 0 Å². The van der Waals surface area contributed by atoms with Crippen molar-refractivity contribution in [3.05, 3.63) is 5.82 Å². The molecule has 1 aromatic rings. The van der Waals surface area contributed by atoms with Gasteiger partial charge in [-0.25, -0.2) is 0 Å². The Labute approximate surface area is 109 Å². The number of hydrogen-bond acceptors (Lipinski definition) is 4. The number of nitrogens with two attached hydrogens (primary N) is 1. The second-order valence-corrected chi connectivity index (χ2v) is 5.74. The number of nitrogens with zero attached hydrogens (tertiary/aromatic N) is 3. The van der Waals surface area contributed by atoms with Gasteiger partial charge in [-0.05, 0) is 31.2 Å². The molecule has 1 aliphatic heterocycles. The third-order valence-corrected chi connectivity index (χ3v) is 4.06. The van der Waals surface area contributed by atoms with E-state index in [2.05, 4.69) is 40.9 Å². The highest BCUT2D eigenvalue weighted by atomic mass is 15.4. The number of aromatic nitrogens is 3. The van der Waals surface area contributed by atoms with Crippen molar-refractivity contribution in [1.82, 2.24) is 15.2 Å². The van der Waals surface area contributed by atoms with E-state index in [-0.39, 0.29) is 0 Å². The molecule has 5 heteroatoms. The number of piperidine rings is 1. The van der Waals surface area contributed by atoms with Gasteiger partial charge in [0, 0.05) is 19.0 Å². The Morgan fingerprint density at radius 1 is 1.44 bits per heavy atom. The highest BCUT2D eigenvalue weighted by molar-refractivity contribution is 5.30. The first-order chi connectivity index (χ1) is 8.61. The predicted octanol–water partition coefficient (Wildman–Crippen LogP) is 1.74. The molecule has 0 spiro atoms. The van der Waals surface area contributed by atoms with E-state index in [4.69, 9.17) is 5.73 Å². The lowest BCUT2D eigenvalue weighted by atomic mass is 9.97. The zero-order valence-corrected chi connectivity index (χ0v) is 11.7. The smallest absolute Gasteiger partial charge is 0.244 e. The molecule has 0 saturated carbocycles. The van der Waals surface area contributed by atoms with Gasteiger partial charge in [0.1, 0.15) is 5.82 Å². The molecule has 1 fully saturated rings. The van der Waals surface area contributed by atoms with Crippen LogP contribution in [0.3, 0.4) is 0 Å². The first-order valence-electron chi connectivity index (χ1n) is 6.99. The van der Waals surface area contributed by atoms with Crippen molar-refractivity contribution in [3.63, 3.8) is 0 Å². The molecule has 1 aliphatic rings. The summed E-state index contributed by atoms with van der Waals surface area (Å²) in [6.45, 7) is 9.40. The van der Waals surface area contributed by atoms with Gasteiger partial charge in [-0.3, -0.25) is 5.10 Å². The van der Waals surface area contributed by atoms with Crippen LogP contribution in [0.4, 0.5) is 5.95 Å². The Hall–Kier alpha value is -1.10. The van der Waals surface area contributed by atoms with Crippen LogP contribution in [0.1, 0.15) is 45.4 Å². The maximum absolute atomic E-state index is 5.76. The van der Waals surface area contributed by atoms with Crippen LogP contribution in [-0.4, -0.2) is 34.8 Å². The molecule has 0 aromatic carbocycles. The number of aromatic amines is 1. The zero-order chi connectivity index (χ0) is 13.1. The van der Waals surface area contributed by atoms with E-state index in [1.165, 1.54) is 12.8 Å². The fourth-order valence-corrected chi connectivity index (χ4v) is 2.36. The fraction of sp³-hybridized carbons (Fsp3) is 0.846. The molecule has 0 amide bonds. The normalized spacial score (nSPS) is 22.5. The van der Waals surface area contributed by atoms with Crippen molar-refractivity contribution in [2.24, 2.45) is 17.6 Å². The predicted molar refractivity (Wildman–Crippen MR) is 73.6 cm³/mol. The number of hydrogen-bond donors (Lipinski definition) is 2. The second kappa shape index (κ2) is 5.69. The van der Waals surface area contributed by atoms with Crippen LogP contribution in [0.25, 0.3) is 0 Å². The molecular weight excluding hydrogens is 226 g/mol. The first-order valence-corrected chi connectivity index (χ1v) is 6.99. The Morgan fingerprint density at radius 3 is 2.89 bits per heavy atom. The lowest BCUT2D eigenvalue weighted by molar-refractivity contribution is 0.419. The standard InChI is InChI=1S/C13H25N5/c1-9(2)10(3)12-15-13(17-16-12)18-6-4-5-11(7-14)8-18/h9-11H,4-8,14H2,1-3H3,(H,15,16,17). The van der Waals surface area contributed by atoms with E-state index < -0.39 is 0 Å². The van der Waals surface area contributed by atoms with Crippen LogP contribution in [0.2, 0.25) is 0 Å². The van der Waals surface area contributed by atoms with Crippen LogP contribution in [0, 0.1) is 11.8 Å². The molecule has 5 nitrogen and oxygen atoms in total. The van der Waals surface area contributed by atoms with Gasteiger partial charge in [0.05, 0.1) is 0 Å². The minimum absolute atomic E-state index is 0.418. The Morgan fingerprint density at radius 2 is 2.22 bits per heavy atom.